The maximum atomic E-state index is 5.76. The lowest BCUT2D eigenvalue weighted by Crippen LogP contribution is -2.20. The van der Waals surface area contributed by atoms with Crippen molar-refractivity contribution in [3.63, 3.8) is 0 Å². The number of pyridine rings is 1. The fourth-order valence-electron chi connectivity index (χ4n) is 2.80. The molecule has 0 aliphatic carbocycles. The van der Waals surface area contributed by atoms with Crippen molar-refractivity contribution in [1.82, 2.24) is 19.7 Å². The first kappa shape index (κ1) is 13.5. The van der Waals surface area contributed by atoms with Crippen molar-refractivity contribution < 1.29 is 4.74 Å². The zero-order valence-electron chi connectivity index (χ0n) is 11.5. The second-order valence-electron chi connectivity index (χ2n) is 5.07. The Balaban J connectivity index is 1.90. The molecule has 1 N–H and O–H groups in total. The van der Waals surface area contributed by atoms with E-state index in [-0.39, 0.29) is 0 Å². The third-order valence-electron chi connectivity index (χ3n) is 3.86. The van der Waals surface area contributed by atoms with Gasteiger partial charge in [-0.05, 0) is 37.2 Å². The topological polar surface area (TPSA) is 55.7 Å². The Hall–Kier alpha value is -1.53. The largest absolute Gasteiger partial charge is 0.378 e. The molecule has 2 atom stereocenters. The van der Waals surface area contributed by atoms with Crippen LogP contribution in [0.1, 0.15) is 19.8 Å². The van der Waals surface area contributed by atoms with E-state index >= 15 is 0 Å². The Morgan fingerprint density at radius 3 is 3.00 bits per heavy atom. The number of rotatable bonds is 4. The van der Waals surface area contributed by atoms with Gasteiger partial charge >= 0.3 is 0 Å². The molecule has 1 aliphatic rings. The molecule has 0 bridgehead atoms. The minimum absolute atomic E-state index is 0.331. The van der Waals surface area contributed by atoms with Crippen LogP contribution in [-0.4, -0.2) is 32.5 Å². The van der Waals surface area contributed by atoms with Crippen LogP contribution in [0.15, 0.2) is 24.5 Å². The van der Waals surface area contributed by atoms with Gasteiger partial charge in [0.15, 0.2) is 10.6 Å². The van der Waals surface area contributed by atoms with E-state index in [2.05, 4.69) is 26.7 Å². The van der Waals surface area contributed by atoms with Gasteiger partial charge < -0.3 is 4.74 Å². The van der Waals surface area contributed by atoms with Crippen molar-refractivity contribution >= 4 is 12.2 Å². The zero-order chi connectivity index (χ0) is 13.9. The molecule has 2 aromatic rings. The number of hydrogen-bond donors (Lipinski definition) is 1. The highest BCUT2D eigenvalue weighted by Crippen LogP contribution is 2.27. The first-order valence-corrected chi connectivity index (χ1v) is 7.37. The molecule has 0 saturated carbocycles. The summed E-state index contributed by atoms with van der Waals surface area (Å²) in [5.74, 6) is 1.38. The van der Waals surface area contributed by atoms with Gasteiger partial charge in [0.2, 0.25) is 0 Å². The summed E-state index contributed by atoms with van der Waals surface area (Å²) in [6.07, 6.45) is 5.99. The van der Waals surface area contributed by atoms with E-state index in [1.54, 1.807) is 12.4 Å². The summed E-state index contributed by atoms with van der Waals surface area (Å²) in [5, 5.41) is 7.25. The number of nitrogens with one attached hydrogen (secondary N) is 1. The summed E-state index contributed by atoms with van der Waals surface area (Å²) in [6, 6.07) is 3.90. The molecular formula is C14H18N4OS. The number of aromatic nitrogens is 4. The van der Waals surface area contributed by atoms with Crippen LogP contribution in [0, 0.1) is 10.7 Å². The van der Waals surface area contributed by atoms with Crippen molar-refractivity contribution in [2.75, 3.05) is 6.61 Å². The molecule has 6 heteroatoms. The van der Waals surface area contributed by atoms with E-state index in [0.717, 1.165) is 37.4 Å². The maximum absolute atomic E-state index is 5.76. The molecule has 3 heterocycles. The molecule has 20 heavy (non-hydrogen) atoms. The van der Waals surface area contributed by atoms with E-state index in [1.807, 2.05) is 12.1 Å². The van der Waals surface area contributed by atoms with Crippen LogP contribution in [0.3, 0.4) is 0 Å². The van der Waals surface area contributed by atoms with Crippen molar-refractivity contribution in [2.24, 2.45) is 5.92 Å². The second kappa shape index (κ2) is 5.85. The first-order chi connectivity index (χ1) is 9.79. The maximum Gasteiger partial charge on any atom is 0.195 e. The van der Waals surface area contributed by atoms with Crippen LogP contribution in [-0.2, 0) is 11.3 Å². The third kappa shape index (κ3) is 2.53. The minimum Gasteiger partial charge on any atom is -0.378 e. The minimum atomic E-state index is 0.331. The monoisotopic (exact) mass is 290 g/mol. The van der Waals surface area contributed by atoms with Gasteiger partial charge in [-0.3, -0.25) is 14.6 Å². The fourth-order valence-corrected chi connectivity index (χ4v) is 3.00. The summed E-state index contributed by atoms with van der Waals surface area (Å²) >= 11 is 5.37. The van der Waals surface area contributed by atoms with Gasteiger partial charge in [0.05, 0.1) is 6.10 Å². The molecule has 0 aromatic carbocycles. The molecule has 5 nitrogen and oxygen atoms in total. The summed E-state index contributed by atoms with van der Waals surface area (Å²) in [5.41, 5.74) is 1.03. The van der Waals surface area contributed by atoms with Crippen LogP contribution < -0.4 is 0 Å². The number of aromatic amines is 1. The standard InChI is InChI=1S/C14H18N4OS/c1-2-12-11(5-8-19-12)9-18-13(16-17-14(18)20)10-3-6-15-7-4-10/h3-4,6-7,11-12H,2,5,8-9H2,1H3,(H,17,20). The highest BCUT2D eigenvalue weighted by molar-refractivity contribution is 7.71. The third-order valence-corrected chi connectivity index (χ3v) is 4.17. The highest BCUT2D eigenvalue weighted by Gasteiger charge is 2.28. The molecule has 0 amide bonds. The smallest absolute Gasteiger partial charge is 0.195 e. The SMILES string of the molecule is CCC1OCCC1Cn1c(-c2ccncc2)n[nH]c1=S. The summed E-state index contributed by atoms with van der Waals surface area (Å²) < 4.78 is 8.50. The number of hydrogen-bond acceptors (Lipinski definition) is 4. The Labute approximate surface area is 123 Å². The van der Waals surface area contributed by atoms with Crippen molar-refractivity contribution in [3.8, 4) is 11.4 Å². The fraction of sp³-hybridized carbons (Fsp3) is 0.500. The van der Waals surface area contributed by atoms with Gasteiger partial charge in [0, 0.05) is 37.0 Å². The quantitative estimate of drug-likeness (QED) is 0.880. The second-order valence-corrected chi connectivity index (χ2v) is 5.45. The number of nitrogens with zero attached hydrogens (tertiary/aromatic N) is 3. The van der Waals surface area contributed by atoms with E-state index in [1.165, 1.54) is 0 Å². The van der Waals surface area contributed by atoms with Crippen molar-refractivity contribution in [3.05, 3.63) is 29.3 Å². The molecular weight excluding hydrogens is 272 g/mol. The van der Waals surface area contributed by atoms with Crippen LogP contribution >= 0.6 is 12.2 Å². The van der Waals surface area contributed by atoms with Gasteiger partial charge in [0.25, 0.3) is 0 Å². The van der Waals surface area contributed by atoms with E-state index < -0.39 is 0 Å². The van der Waals surface area contributed by atoms with Gasteiger partial charge in [-0.15, -0.1) is 0 Å². The summed E-state index contributed by atoms with van der Waals surface area (Å²) in [7, 11) is 0. The molecule has 1 saturated heterocycles. The first-order valence-electron chi connectivity index (χ1n) is 6.96. The van der Waals surface area contributed by atoms with Crippen LogP contribution in [0.2, 0.25) is 0 Å². The van der Waals surface area contributed by atoms with E-state index in [9.17, 15) is 0 Å². The normalized spacial score (nSPS) is 22.2. The average molecular weight is 290 g/mol. The summed E-state index contributed by atoms with van der Waals surface area (Å²) in [4.78, 5) is 4.04. The molecule has 1 aliphatic heterocycles. The Bertz CT molecular complexity index is 622. The molecule has 2 aromatic heterocycles. The van der Waals surface area contributed by atoms with Crippen LogP contribution in [0.5, 0.6) is 0 Å². The number of ether oxygens (including phenoxy) is 1. The lowest BCUT2D eigenvalue weighted by molar-refractivity contribution is 0.0835. The predicted molar refractivity (Wildman–Crippen MR) is 78.8 cm³/mol. The van der Waals surface area contributed by atoms with E-state index in [4.69, 9.17) is 17.0 Å². The van der Waals surface area contributed by atoms with Gasteiger partial charge in [-0.25, -0.2) is 0 Å². The van der Waals surface area contributed by atoms with Gasteiger partial charge in [0.1, 0.15) is 0 Å². The average Bonchev–Trinajstić information content (AvgIpc) is 3.08. The highest BCUT2D eigenvalue weighted by atomic mass is 32.1. The number of H-pyrrole nitrogens is 1. The van der Waals surface area contributed by atoms with Crippen molar-refractivity contribution in [2.45, 2.75) is 32.4 Å². The molecule has 0 spiro atoms. The van der Waals surface area contributed by atoms with Gasteiger partial charge in [-0.2, -0.15) is 5.10 Å². The zero-order valence-corrected chi connectivity index (χ0v) is 12.3. The lowest BCUT2D eigenvalue weighted by Gasteiger charge is -2.18. The van der Waals surface area contributed by atoms with E-state index in [0.29, 0.717) is 16.8 Å². The predicted octanol–water partition coefficient (Wildman–Crippen LogP) is 2.82. The van der Waals surface area contributed by atoms with Gasteiger partial charge in [-0.1, -0.05) is 6.92 Å². The summed E-state index contributed by atoms with van der Waals surface area (Å²) in [6.45, 7) is 3.87. The molecule has 1 fully saturated rings. The molecule has 106 valence electrons. The Kier molecular flexibility index (Phi) is 3.93. The Morgan fingerprint density at radius 2 is 2.25 bits per heavy atom. The van der Waals surface area contributed by atoms with Crippen LogP contribution in [0.25, 0.3) is 11.4 Å². The van der Waals surface area contributed by atoms with Crippen molar-refractivity contribution in [1.29, 1.82) is 0 Å². The van der Waals surface area contributed by atoms with Crippen LogP contribution in [0.4, 0.5) is 0 Å². The molecule has 0 radical (unpaired) electrons. The Morgan fingerprint density at radius 1 is 1.45 bits per heavy atom. The molecule has 2 unspecified atom stereocenters. The molecule has 3 rings (SSSR count). The lowest BCUT2D eigenvalue weighted by atomic mass is 9.99.